The van der Waals surface area contributed by atoms with Crippen LogP contribution in [0.15, 0.2) is 166 Å². The number of aromatic nitrogens is 2. The van der Waals surface area contributed by atoms with Gasteiger partial charge in [-0.1, -0.05) is 66.4 Å². The topological polar surface area (TPSA) is 46.8 Å². The normalized spacial score (nSPS) is 11.8. The third kappa shape index (κ3) is 4.03. The smallest absolute Gasteiger partial charge is 0.136 e. The van der Waals surface area contributed by atoms with Crippen molar-refractivity contribution in [2.24, 2.45) is 0 Å². The molecule has 0 amide bonds. The van der Waals surface area contributed by atoms with Crippen molar-refractivity contribution in [3.63, 3.8) is 0 Å². The van der Waals surface area contributed by atoms with E-state index in [1.165, 1.54) is 27.2 Å². The van der Waals surface area contributed by atoms with Crippen molar-refractivity contribution in [3.05, 3.63) is 157 Å². The number of hydrogen-bond donors (Lipinski definition) is 0. The summed E-state index contributed by atoms with van der Waals surface area (Å²) in [6, 6.07) is 55.5. The van der Waals surface area contributed by atoms with Crippen LogP contribution in [0.4, 0.5) is 0 Å². The molecule has 0 radical (unpaired) electrons. The molecule has 0 spiro atoms. The molecule has 0 saturated carbocycles. The Morgan fingerprint density at radius 2 is 0.979 bits per heavy atom. The molecular weight excluding hydrogens is 607 g/mol. The van der Waals surface area contributed by atoms with Crippen LogP contribution in [0.25, 0.3) is 76.9 Å². The van der Waals surface area contributed by atoms with Crippen molar-refractivity contribution in [2.75, 3.05) is 0 Å². The van der Waals surface area contributed by atoms with E-state index in [1.807, 2.05) is 36.4 Å². The predicted molar refractivity (Wildman–Crippen MR) is 198 cm³/mol. The zero-order chi connectivity index (χ0) is 31.8. The van der Waals surface area contributed by atoms with E-state index in [0.29, 0.717) is 5.56 Å². The highest BCUT2D eigenvalue weighted by molar-refractivity contribution is 7.99. The highest BCUT2D eigenvalue weighted by Gasteiger charge is 2.20. The second kappa shape index (κ2) is 10.4. The van der Waals surface area contributed by atoms with Crippen LogP contribution in [0.1, 0.15) is 5.56 Å². The second-order valence-corrected chi connectivity index (χ2v) is 13.3. The molecule has 224 valence electrons. The molecule has 48 heavy (non-hydrogen) atoms. The van der Waals surface area contributed by atoms with E-state index in [2.05, 4.69) is 130 Å². The first-order valence-electron chi connectivity index (χ1n) is 15.9. The van der Waals surface area contributed by atoms with Crippen LogP contribution in [0, 0.1) is 11.3 Å². The van der Waals surface area contributed by atoms with Gasteiger partial charge >= 0.3 is 0 Å². The molecule has 0 N–H and O–H groups in total. The minimum absolute atomic E-state index is 0.668. The van der Waals surface area contributed by atoms with Crippen molar-refractivity contribution in [3.8, 4) is 17.4 Å². The minimum Gasteiger partial charge on any atom is -0.456 e. The lowest BCUT2D eigenvalue weighted by Gasteiger charge is -2.10. The fraction of sp³-hybridized carbons (Fsp3) is 0. The van der Waals surface area contributed by atoms with E-state index in [-0.39, 0.29) is 0 Å². The van der Waals surface area contributed by atoms with Gasteiger partial charge in [-0.2, -0.15) is 5.26 Å². The van der Waals surface area contributed by atoms with E-state index in [9.17, 15) is 5.26 Å². The van der Waals surface area contributed by atoms with Crippen LogP contribution in [0.2, 0.25) is 0 Å². The summed E-state index contributed by atoms with van der Waals surface area (Å²) in [6.45, 7) is 0. The molecule has 7 aromatic carbocycles. The molecule has 0 aliphatic heterocycles. The number of benzene rings is 7. The van der Waals surface area contributed by atoms with E-state index >= 15 is 0 Å². The van der Waals surface area contributed by atoms with Gasteiger partial charge in [-0.3, -0.25) is 0 Å². The highest BCUT2D eigenvalue weighted by Crippen LogP contribution is 2.42. The standard InChI is InChI=1S/C43H25N3OS/c44-26-27-14-18-30(19-15-27)48-31-20-16-29(17-21-31)46-40-22-34-32-10-4-6-12-38(32)45(28-8-2-1-3-9-28)39(34)23-35(40)36-25-43-37(24-41(36)46)33-11-5-7-13-42(33)47-43/h1-25H. The van der Waals surface area contributed by atoms with Crippen LogP contribution in [0.5, 0.6) is 0 Å². The van der Waals surface area contributed by atoms with Gasteiger partial charge in [0.2, 0.25) is 0 Å². The number of furan rings is 1. The molecule has 0 saturated heterocycles. The van der Waals surface area contributed by atoms with Gasteiger partial charge in [0, 0.05) is 53.5 Å². The molecule has 0 unspecified atom stereocenters. The van der Waals surface area contributed by atoms with E-state index in [4.69, 9.17) is 4.42 Å². The molecule has 3 aromatic heterocycles. The second-order valence-electron chi connectivity index (χ2n) is 12.1. The van der Waals surface area contributed by atoms with Gasteiger partial charge < -0.3 is 13.6 Å². The summed E-state index contributed by atoms with van der Waals surface area (Å²) in [5.41, 5.74) is 9.34. The first-order chi connectivity index (χ1) is 23.7. The summed E-state index contributed by atoms with van der Waals surface area (Å²) in [4.78, 5) is 2.24. The van der Waals surface area contributed by atoms with Crippen molar-refractivity contribution in [1.82, 2.24) is 9.13 Å². The maximum atomic E-state index is 9.19. The first-order valence-corrected chi connectivity index (χ1v) is 16.7. The Morgan fingerprint density at radius 3 is 1.71 bits per heavy atom. The van der Waals surface area contributed by atoms with Crippen molar-refractivity contribution in [2.45, 2.75) is 9.79 Å². The number of rotatable bonds is 4. The summed E-state index contributed by atoms with van der Waals surface area (Å²) >= 11 is 1.69. The Morgan fingerprint density at radius 1 is 0.438 bits per heavy atom. The highest BCUT2D eigenvalue weighted by atomic mass is 32.2. The average molecular weight is 632 g/mol. The predicted octanol–water partition coefficient (Wildman–Crippen LogP) is 11.8. The molecule has 0 aliphatic carbocycles. The third-order valence-corrected chi connectivity index (χ3v) is 10.4. The average Bonchev–Trinajstić information content (AvgIpc) is 3.77. The summed E-state index contributed by atoms with van der Waals surface area (Å²) in [5, 5.41) is 16.2. The lowest BCUT2D eigenvalue weighted by Crippen LogP contribution is -1.94. The molecule has 4 nitrogen and oxygen atoms in total. The third-order valence-electron chi connectivity index (χ3n) is 9.39. The van der Waals surface area contributed by atoms with Gasteiger partial charge in [-0.15, -0.1) is 0 Å². The number of nitriles is 1. The number of para-hydroxylation sites is 3. The van der Waals surface area contributed by atoms with Crippen molar-refractivity contribution in [1.29, 1.82) is 5.26 Å². The Balaban J connectivity index is 1.25. The zero-order valence-corrected chi connectivity index (χ0v) is 26.4. The number of nitrogens with zero attached hydrogens (tertiary/aromatic N) is 3. The van der Waals surface area contributed by atoms with Gasteiger partial charge in [0.05, 0.1) is 33.7 Å². The van der Waals surface area contributed by atoms with E-state index in [1.54, 1.807) is 11.8 Å². The van der Waals surface area contributed by atoms with Crippen LogP contribution in [-0.4, -0.2) is 9.13 Å². The summed E-state index contributed by atoms with van der Waals surface area (Å²) in [6.07, 6.45) is 0. The minimum atomic E-state index is 0.668. The number of hydrogen-bond acceptors (Lipinski definition) is 3. The van der Waals surface area contributed by atoms with Gasteiger partial charge in [-0.25, -0.2) is 0 Å². The molecular formula is C43H25N3OS. The fourth-order valence-corrected chi connectivity index (χ4v) is 8.04. The number of fused-ring (bicyclic) bond motifs is 9. The lowest BCUT2D eigenvalue weighted by atomic mass is 10.1. The van der Waals surface area contributed by atoms with Crippen LogP contribution in [-0.2, 0) is 0 Å². The van der Waals surface area contributed by atoms with E-state index < -0.39 is 0 Å². The monoisotopic (exact) mass is 631 g/mol. The summed E-state index contributed by atoms with van der Waals surface area (Å²) < 4.78 is 11.2. The molecule has 3 heterocycles. The Hall–Kier alpha value is -6.22. The lowest BCUT2D eigenvalue weighted by molar-refractivity contribution is 0.669. The molecule has 0 aliphatic rings. The molecule has 10 aromatic rings. The fourth-order valence-electron chi connectivity index (χ4n) is 7.23. The summed E-state index contributed by atoms with van der Waals surface area (Å²) in [7, 11) is 0. The molecule has 0 fully saturated rings. The maximum Gasteiger partial charge on any atom is 0.136 e. The van der Waals surface area contributed by atoms with E-state index in [0.717, 1.165) is 59.5 Å². The van der Waals surface area contributed by atoms with Gasteiger partial charge in [0.25, 0.3) is 0 Å². The van der Waals surface area contributed by atoms with Crippen molar-refractivity contribution >= 4 is 77.3 Å². The van der Waals surface area contributed by atoms with Gasteiger partial charge in [0.1, 0.15) is 11.2 Å². The first kappa shape index (κ1) is 26.9. The molecule has 5 heteroatoms. The van der Waals surface area contributed by atoms with Crippen molar-refractivity contribution < 1.29 is 4.42 Å². The van der Waals surface area contributed by atoms with Crippen LogP contribution >= 0.6 is 11.8 Å². The SMILES string of the molecule is N#Cc1ccc(Sc2ccc(-n3c4cc5c(cc4c4cc6c(cc43)c3ccccc3n6-c3ccccc3)oc3ccccc35)cc2)cc1. The molecule has 0 atom stereocenters. The molecule has 10 rings (SSSR count). The quantitative estimate of drug-likeness (QED) is 0.194. The largest absolute Gasteiger partial charge is 0.456 e. The Labute approximate surface area is 279 Å². The van der Waals surface area contributed by atoms with Gasteiger partial charge in [0.15, 0.2) is 0 Å². The maximum absolute atomic E-state index is 9.19. The zero-order valence-electron chi connectivity index (χ0n) is 25.6. The van der Waals surface area contributed by atoms with Crippen LogP contribution in [0.3, 0.4) is 0 Å². The Bertz CT molecular complexity index is 2910. The molecule has 0 bridgehead atoms. The Kier molecular flexibility index (Phi) is 5.84. The summed E-state index contributed by atoms with van der Waals surface area (Å²) in [5.74, 6) is 0. The van der Waals surface area contributed by atoms with Crippen LogP contribution < -0.4 is 0 Å². The van der Waals surface area contributed by atoms with Gasteiger partial charge in [-0.05, 0) is 97.1 Å².